The van der Waals surface area contributed by atoms with Crippen LogP contribution in [0.5, 0.6) is 0 Å². The van der Waals surface area contributed by atoms with Gasteiger partial charge in [0.15, 0.2) is 0 Å². The highest BCUT2D eigenvalue weighted by Crippen LogP contribution is 2.32. The molecular formula is C13H13BrClNS. The van der Waals surface area contributed by atoms with Crippen molar-refractivity contribution in [3.63, 3.8) is 0 Å². The van der Waals surface area contributed by atoms with Gasteiger partial charge in [-0.05, 0) is 65.3 Å². The summed E-state index contributed by atoms with van der Waals surface area (Å²) in [5.74, 6) is 0. The van der Waals surface area contributed by atoms with E-state index in [1.54, 1.807) is 11.3 Å². The molecule has 0 aliphatic heterocycles. The van der Waals surface area contributed by atoms with Gasteiger partial charge in [-0.2, -0.15) is 0 Å². The van der Waals surface area contributed by atoms with E-state index in [0.717, 1.165) is 8.81 Å². The lowest BCUT2D eigenvalue weighted by Crippen LogP contribution is -2.16. The third kappa shape index (κ3) is 3.10. The van der Waals surface area contributed by atoms with Crippen LogP contribution in [-0.4, -0.2) is 7.05 Å². The summed E-state index contributed by atoms with van der Waals surface area (Å²) in [6.07, 6.45) is 0. The average molecular weight is 331 g/mol. The molecule has 0 bridgehead atoms. The first-order valence-corrected chi connectivity index (χ1v) is 7.28. The molecule has 0 saturated carbocycles. The summed E-state index contributed by atoms with van der Waals surface area (Å²) in [4.78, 5) is 1.28. The summed E-state index contributed by atoms with van der Waals surface area (Å²) in [6.45, 7) is 2.06. The summed E-state index contributed by atoms with van der Waals surface area (Å²) in [5, 5.41) is 4.12. The van der Waals surface area contributed by atoms with Crippen molar-refractivity contribution in [1.29, 1.82) is 0 Å². The Morgan fingerprint density at radius 1 is 1.29 bits per heavy atom. The lowest BCUT2D eigenvalue weighted by atomic mass is 10.0. The van der Waals surface area contributed by atoms with Gasteiger partial charge in [-0.25, -0.2) is 0 Å². The number of rotatable bonds is 3. The minimum absolute atomic E-state index is 0.198. The molecule has 1 heterocycles. The number of halogens is 2. The maximum Gasteiger partial charge on any atom is 0.0702 e. The zero-order valence-electron chi connectivity index (χ0n) is 9.63. The molecule has 0 aliphatic rings. The molecule has 0 aliphatic carbocycles. The summed E-state index contributed by atoms with van der Waals surface area (Å²) in [5.41, 5.74) is 2.38. The van der Waals surface area contributed by atoms with Crippen LogP contribution in [0.25, 0.3) is 0 Å². The van der Waals surface area contributed by atoms with Gasteiger partial charge in [0.05, 0.1) is 9.83 Å². The Kier molecular flexibility index (Phi) is 4.26. The quantitative estimate of drug-likeness (QED) is 0.854. The normalized spacial score (nSPS) is 12.7. The number of hydrogen-bond acceptors (Lipinski definition) is 2. The van der Waals surface area contributed by atoms with E-state index in [-0.39, 0.29) is 6.04 Å². The molecule has 0 fully saturated rings. The highest BCUT2D eigenvalue weighted by molar-refractivity contribution is 9.11. The molecule has 0 radical (unpaired) electrons. The van der Waals surface area contributed by atoms with Gasteiger partial charge < -0.3 is 5.32 Å². The minimum atomic E-state index is 0.198. The maximum atomic E-state index is 6.11. The first kappa shape index (κ1) is 13.1. The topological polar surface area (TPSA) is 12.0 Å². The molecule has 1 nitrogen and oxygen atoms in total. The summed E-state index contributed by atoms with van der Waals surface area (Å²) >= 11 is 11.3. The van der Waals surface area contributed by atoms with Crippen molar-refractivity contribution in [3.8, 4) is 0 Å². The fraction of sp³-hybridized carbons (Fsp3) is 0.231. The minimum Gasteiger partial charge on any atom is -0.309 e. The van der Waals surface area contributed by atoms with Crippen molar-refractivity contribution in [2.75, 3.05) is 7.05 Å². The van der Waals surface area contributed by atoms with Gasteiger partial charge in [-0.15, -0.1) is 11.3 Å². The zero-order valence-corrected chi connectivity index (χ0v) is 12.8. The van der Waals surface area contributed by atoms with E-state index in [1.165, 1.54) is 16.0 Å². The van der Waals surface area contributed by atoms with Crippen molar-refractivity contribution in [2.24, 2.45) is 0 Å². The molecule has 1 atom stereocenters. The molecule has 1 unspecified atom stereocenters. The van der Waals surface area contributed by atoms with Gasteiger partial charge in [-0.1, -0.05) is 17.7 Å². The van der Waals surface area contributed by atoms with Crippen LogP contribution in [0.3, 0.4) is 0 Å². The van der Waals surface area contributed by atoms with Gasteiger partial charge >= 0.3 is 0 Å². The first-order chi connectivity index (χ1) is 8.10. The highest BCUT2D eigenvalue weighted by atomic mass is 79.9. The molecule has 90 valence electrons. The highest BCUT2D eigenvalue weighted by Gasteiger charge is 2.14. The predicted octanol–water partition coefficient (Wildman–Crippen LogP) is 4.78. The first-order valence-electron chi connectivity index (χ1n) is 5.29. The third-order valence-electron chi connectivity index (χ3n) is 2.56. The summed E-state index contributed by atoms with van der Waals surface area (Å²) in [7, 11) is 1.97. The van der Waals surface area contributed by atoms with Crippen LogP contribution in [0.2, 0.25) is 5.02 Å². The van der Waals surface area contributed by atoms with E-state index in [0.29, 0.717) is 0 Å². The molecule has 1 aromatic heterocycles. The SMILES string of the molecule is CNC(c1cc(C)cc(Cl)c1)c1ccc(Br)s1. The largest absolute Gasteiger partial charge is 0.309 e. The number of thiophene rings is 1. The second-order valence-electron chi connectivity index (χ2n) is 3.93. The number of aryl methyl sites for hydroxylation is 1. The van der Waals surface area contributed by atoms with Crippen LogP contribution in [0.15, 0.2) is 34.1 Å². The van der Waals surface area contributed by atoms with E-state index in [9.17, 15) is 0 Å². The van der Waals surface area contributed by atoms with E-state index in [4.69, 9.17) is 11.6 Å². The second kappa shape index (κ2) is 5.53. The molecule has 2 aromatic rings. The van der Waals surface area contributed by atoms with Crippen molar-refractivity contribution >= 4 is 38.9 Å². The van der Waals surface area contributed by atoms with Crippen molar-refractivity contribution < 1.29 is 0 Å². The lowest BCUT2D eigenvalue weighted by molar-refractivity contribution is 0.703. The van der Waals surface area contributed by atoms with Crippen LogP contribution in [0, 0.1) is 6.92 Å². The standard InChI is InChI=1S/C13H13BrClNS/c1-8-5-9(7-10(15)6-8)13(16-2)11-3-4-12(14)17-11/h3-7,13,16H,1-2H3. The van der Waals surface area contributed by atoms with Crippen molar-refractivity contribution in [3.05, 3.63) is 55.1 Å². The Balaban J connectivity index is 2.41. The van der Waals surface area contributed by atoms with E-state index >= 15 is 0 Å². The van der Waals surface area contributed by atoms with E-state index in [1.807, 2.05) is 19.2 Å². The van der Waals surface area contributed by atoms with Crippen LogP contribution in [-0.2, 0) is 0 Å². The van der Waals surface area contributed by atoms with Crippen molar-refractivity contribution in [2.45, 2.75) is 13.0 Å². The number of hydrogen-bond donors (Lipinski definition) is 1. The molecular weight excluding hydrogens is 318 g/mol. The third-order valence-corrected chi connectivity index (χ3v) is 4.47. The zero-order chi connectivity index (χ0) is 12.4. The Bertz CT molecular complexity index is 504. The molecule has 17 heavy (non-hydrogen) atoms. The molecule has 4 heteroatoms. The van der Waals surface area contributed by atoms with E-state index in [2.05, 4.69) is 46.4 Å². The fourth-order valence-electron chi connectivity index (χ4n) is 1.89. The van der Waals surface area contributed by atoms with Gasteiger partial charge in [0.1, 0.15) is 0 Å². The predicted molar refractivity (Wildman–Crippen MR) is 79.1 cm³/mol. The average Bonchev–Trinajstić information content (AvgIpc) is 2.64. The Labute approximate surface area is 119 Å². The molecule has 0 spiro atoms. The molecule has 2 rings (SSSR count). The summed E-state index contributed by atoms with van der Waals surface area (Å²) in [6, 6.07) is 10.6. The van der Waals surface area contributed by atoms with Gasteiger partial charge in [0.25, 0.3) is 0 Å². The van der Waals surface area contributed by atoms with Gasteiger partial charge in [0, 0.05) is 9.90 Å². The van der Waals surface area contributed by atoms with Gasteiger partial charge in [0.2, 0.25) is 0 Å². The van der Waals surface area contributed by atoms with Crippen LogP contribution in [0.1, 0.15) is 22.0 Å². The van der Waals surface area contributed by atoms with Crippen LogP contribution < -0.4 is 5.32 Å². The molecule has 1 aromatic carbocycles. The molecule has 0 saturated heterocycles. The van der Waals surface area contributed by atoms with Gasteiger partial charge in [-0.3, -0.25) is 0 Å². The number of nitrogens with one attached hydrogen (secondary N) is 1. The Morgan fingerprint density at radius 3 is 2.59 bits per heavy atom. The maximum absolute atomic E-state index is 6.11. The summed E-state index contributed by atoms with van der Waals surface area (Å²) < 4.78 is 1.14. The Morgan fingerprint density at radius 2 is 2.06 bits per heavy atom. The lowest BCUT2D eigenvalue weighted by Gasteiger charge is -2.16. The smallest absolute Gasteiger partial charge is 0.0702 e. The monoisotopic (exact) mass is 329 g/mol. The molecule has 1 N–H and O–H groups in total. The van der Waals surface area contributed by atoms with Crippen LogP contribution >= 0.6 is 38.9 Å². The van der Waals surface area contributed by atoms with E-state index < -0.39 is 0 Å². The fourth-order valence-corrected chi connectivity index (χ4v) is 3.75. The number of benzene rings is 1. The second-order valence-corrected chi connectivity index (χ2v) is 6.86. The van der Waals surface area contributed by atoms with Crippen LogP contribution in [0.4, 0.5) is 0 Å². The van der Waals surface area contributed by atoms with Crippen molar-refractivity contribution in [1.82, 2.24) is 5.32 Å². The Hall–Kier alpha value is -0.350. The molecule has 0 amide bonds.